The molecule has 3 rings (SSSR count). The fraction of sp³-hybridized carbons (Fsp3) is 0.190. The van der Waals surface area contributed by atoms with Crippen molar-refractivity contribution < 1.29 is 9.53 Å². The van der Waals surface area contributed by atoms with Crippen LogP contribution in [0.4, 0.5) is 5.69 Å². The predicted octanol–water partition coefficient (Wildman–Crippen LogP) is 3.75. The van der Waals surface area contributed by atoms with Crippen LogP contribution in [0.15, 0.2) is 59.4 Å². The van der Waals surface area contributed by atoms with E-state index in [2.05, 4.69) is 15.3 Å². The van der Waals surface area contributed by atoms with E-state index in [1.165, 1.54) is 0 Å². The molecule has 138 valence electrons. The summed E-state index contributed by atoms with van der Waals surface area (Å²) in [7, 11) is 0. The van der Waals surface area contributed by atoms with Crippen LogP contribution in [0.2, 0.25) is 0 Å². The first-order valence-electron chi connectivity index (χ1n) is 8.71. The molecule has 2 N–H and O–H groups in total. The van der Waals surface area contributed by atoms with Crippen LogP contribution in [0.3, 0.4) is 0 Å². The van der Waals surface area contributed by atoms with Crippen molar-refractivity contribution in [3.63, 3.8) is 0 Å². The number of H-pyrrole nitrogens is 1. The van der Waals surface area contributed by atoms with Gasteiger partial charge in [-0.3, -0.25) is 9.59 Å². The summed E-state index contributed by atoms with van der Waals surface area (Å²) in [5.41, 5.74) is 1.57. The van der Waals surface area contributed by atoms with Gasteiger partial charge in [0.15, 0.2) is 5.75 Å². The maximum Gasteiger partial charge on any atom is 0.254 e. The number of aromatic amines is 1. The largest absolute Gasteiger partial charge is 0.455 e. The Morgan fingerprint density at radius 3 is 2.52 bits per heavy atom. The molecule has 0 radical (unpaired) electrons. The number of carbonyl (C=O) groups is 1. The van der Waals surface area contributed by atoms with Crippen LogP contribution in [0.1, 0.15) is 23.5 Å². The van der Waals surface area contributed by atoms with E-state index in [0.717, 1.165) is 0 Å². The Hall–Kier alpha value is -3.41. The minimum atomic E-state index is -0.196. The monoisotopic (exact) mass is 363 g/mol. The van der Waals surface area contributed by atoms with Gasteiger partial charge in [0.2, 0.25) is 5.91 Å². The van der Waals surface area contributed by atoms with Gasteiger partial charge >= 0.3 is 0 Å². The van der Waals surface area contributed by atoms with Crippen LogP contribution in [0.25, 0.3) is 0 Å². The molecular weight excluding hydrogens is 342 g/mol. The normalized spacial score (nSPS) is 10.4. The summed E-state index contributed by atoms with van der Waals surface area (Å²) in [4.78, 5) is 31.3. The predicted molar refractivity (Wildman–Crippen MR) is 104 cm³/mol. The smallest absolute Gasteiger partial charge is 0.254 e. The second-order valence-electron chi connectivity index (χ2n) is 6.17. The van der Waals surface area contributed by atoms with Gasteiger partial charge in [0.05, 0.1) is 5.69 Å². The summed E-state index contributed by atoms with van der Waals surface area (Å²) >= 11 is 0. The molecule has 0 unspecified atom stereocenters. The minimum Gasteiger partial charge on any atom is -0.455 e. The van der Waals surface area contributed by atoms with E-state index >= 15 is 0 Å². The van der Waals surface area contributed by atoms with Crippen molar-refractivity contribution in [2.24, 2.45) is 0 Å². The molecular formula is C21H21N3O3. The summed E-state index contributed by atoms with van der Waals surface area (Å²) in [6.07, 6.45) is 0.496. The van der Waals surface area contributed by atoms with Crippen LogP contribution in [0.5, 0.6) is 11.5 Å². The van der Waals surface area contributed by atoms with E-state index in [1.54, 1.807) is 26.0 Å². The molecule has 0 atom stereocenters. The van der Waals surface area contributed by atoms with Crippen molar-refractivity contribution in [2.45, 2.75) is 26.7 Å². The lowest BCUT2D eigenvalue weighted by Crippen LogP contribution is -2.20. The lowest BCUT2D eigenvalue weighted by molar-refractivity contribution is -0.116. The molecule has 0 saturated heterocycles. The molecule has 2 aromatic carbocycles. The fourth-order valence-corrected chi connectivity index (χ4v) is 2.77. The zero-order valence-electron chi connectivity index (χ0n) is 15.3. The third-order valence-electron chi connectivity index (χ3n) is 4.07. The molecule has 0 aliphatic heterocycles. The number of carbonyl (C=O) groups excluding carboxylic acids is 1. The van der Waals surface area contributed by atoms with Crippen molar-refractivity contribution in [1.29, 1.82) is 0 Å². The van der Waals surface area contributed by atoms with Crippen LogP contribution >= 0.6 is 0 Å². The van der Waals surface area contributed by atoms with E-state index in [4.69, 9.17) is 4.74 Å². The second-order valence-corrected chi connectivity index (χ2v) is 6.17. The van der Waals surface area contributed by atoms with Gasteiger partial charge in [-0.15, -0.1) is 0 Å². The average molecular weight is 363 g/mol. The number of anilines is 1. The van der Waals surface area contributed by atoms with Crippen molar-refractivity contribution in [1.82, 2.24) is 9.97 Å². The van der Waals surface area contributed by atoms with Gasteiger partial charge in [-0.2, -0.15) is 0 Å². The van der Waals surface area contributed by atoms with Crippen LogP contribution in [-0.2, 0) is 11.2 Å². The van der Waals surface area contributed by atoms with E-state index in [1.807, 2.05) is 42.5 Å². The van der Waals surface area contributed by atoms with Gasteiger partial charge in [0.1, 0.15) is 11.6 Å². The van der Waals surface area contributed by atoms with Crippen LogP contribution < -0.4 is 15.6 Å². The highest BCUT2D eigenvalue weighted by molar-refractivity contribution is 5.92. The first-order valence-corrected chi connectivity index (χ1v) is 8.71. The molecule has 0 saturated carbocycles. The first-order chi connectivity index (χ1) is 13.0. The molecule has 1 aromatic heterocycles. The standard InChI is InChI=1S/C21H21N3O3/c1-14-17(21(26)23-15(2)22-14)12-13-20(25)24-18-10-6-7-11-19(18)27-16-8-4-3-5-9-16/h3-11H,12-13H2,1-2H3,(H,24,25)(H,22,23,26). The second kappa shape index (κ2) is 8.31. The van der Waals surface area contributed by atoms with E-state index in [0.29, 0.717) is 40.7 Å². The highest BCUT2D eigenvalue weighted by Crippen LogP contribution is 2.29. The van der Waals surface area contributed by atoms with E-state index in [9.17, 15) is 9.59 Å². The van der Waals surface area contributed by atoms with E-state index in [-0.39, 0.29) is 17.9 Å². The van der Waals surface area contributed by atoms with Crippen molar-refractivity contribution in [3.05, 3.63) is 82.0 Å². The molecule has 1 heterocycles. The average Bonchev–Trinajstić information content (AvgIpc) is 2.63. The summed E-state index contributed by atoms with van der Waals surface area (Å²) in [5.74, 6) is 1.62. The molecule has 0 spiro atoms. The number of nitrogens with one attached hydrogen (secondary N) is 2. The zero-order chi connectivity index (χ0) is 19.2. The molecule has 0 bridgehead atoms. The molecule has 27 heavy (non-hydrogen) atoms. The topological polar surface area (TPSA) is 84.1 Å². The number of nitrogens with zero attached hydrogens (tertiary/aromatic N) is 1. The summed E-state index contributed by atoms with van der Waals surface area (Å²) in [5, 5.41) is 2.85. The molecule has 6 nitrogen and oxygen atoms in total. The molecule has 6 heteroatoms. The Kier molecular flexibility index (Phi) is 5.66. The summed E-state index contributed by atoms with van der Waals surface area (Å²) in [6, 6.07) is 16.6. The third kappa shape index (κ3) is 4.82. The third-order valence-corrected chi connectivity index (χ3v) is 4.07. The Morgan fingerprint density at radius 1 is 1.07 bits per heavy atom. The van der Waals surface area contributed by atoms with Crippen molar-refractivity contribution in [2.75, 3.05) is 5.32 Å². The van der Waals surface area contributed by atoms with Crippen LogP contribution in [-0.4, -0.2) is 15.9 Å². The maximum absolute atomic E-state index is 12.4. The van der Waals surface area contributed by atoms with Gasteiger partial charge in [0.25, 0.3) is 5.56 Å². The van der Waals surface area contributed by atoms with Crippen molar-refractivity contribution in [3.8, 4) is 11.5 Å². The van der Waals surface area contributed by atoms with E-state index < -0.39 is 0 Å². The Balaban J connectivity index is 1.67. The van der Waals surface area contributed by atoms with Crippen molar-refractivity contribution >= 4 is 11.6 Å². The number of ether oxygens (including phenoxy) is 1. The number of hydrogen-bond donors (Lipinski definition) is 2. The van der Waals surface area contributed by atoms with Gasteiger partial charge in [-0.05, 0) is 44.5 Å². The number of aromatic nitrogens is 2. The lowest BCUT2D eigenvalue weighted by Gasteiger charge is -2.12. The quantitative estimate of drug-likeness (QED) is 0.698. The number of rotatable bonds is 6. The zero-order valence-corrected chi connectivity index (χ0v) is 15.3. The highest BCUT2D eigenvalue weighted by Gasteiger charge is 2.12. The van der Waals surface area contributed by atoms with Gasteiger partial charge in [0, 0.05) is 17.7 Å². The van der Waals surface area contributed by atoms with Gasteiger partial charge in [-0.1, -0.05) is 30.3 Å². The summed E-state index contributed by atoms with van der Waals surface area (Å²) < 4.78 is 5.84. The lowest BCUT2D eigenvalue weighted by atomic mass is 10.1. The molecule has 3 aromatic rings. The molecule has 1 amide bonds. The number of para-hydroxylation sites is 3. The molecule has 0 aliphatic rings. The number of aryl methyl sites for hydroxylation is 2. The highest BCUT2D eigenvalue weighted by atomic mass is 16.5. The van der Waals surface area contributed by atoms with Gasteiger partial charge < -0.3 is 15.0 Å². The minimum absolute atomic E-state index is 0.175. The van der Waals surface area contributed by atoms with Crippen LogP contribution in [0, 0.1) is 13.8 Å². The summed E-state index contributed by atoms with van der Waals surface area (Å²) in [6.45, 7) is 3.51. The Bertz CT molecular complexity index is 997. The SMILES string of the molecule is Cc1nc(C)c(CCC(=O)Nc2ccccc2Oc2ccccc2)c(=O)[nH]1. The van der Waals surface area contributed by atoms with Gasteiger partial charge in [-0.25, -0.2) is 4.98 Å². The number of amides is 1. The molecule has 0 aliphatic carbocycles. The molecule has 0 fully saturated rings. The first kappa shape index (κ1) is 18.4. The Morgan fingerprint density at radius 2 is 1.78 bits per heavy atom. The number of benzene rings is 2. The fourth-order valence-electron chi connectivity index (χ4n) is 2.77. The number of hydrogen-bond acceptors (Lipinski definition) is 4. The maximum atomic E-state index is 12.4. The Labute approximate surface area is 157 Å².